The van der Waals surface area contributed by atoms with E-state index < -0.39 is 167 Å². The molecule has 0 saturated carbocycles. The zero-order valence-corrected chi connectivity index (χ0v) is 41.2. The summed E-state index contributed by atoms with van der Waals surface area (Å²) in [6.45, 7) is -4.65. The van der Waals surface area contributed by atoms with E-state index in [9.17, 15) is 76.7 Å². The van der Waals surface area contributed by atoms with Crippen LogP contribution in [0.2, 0.25) is 0 Å². The minimum atomic E-state index is -1.30. The summed E-state index contributed by atoms with van der Waals surface area (Å²) in [6.07, 6.45) is -6.72. The Bertz CT molecular complexity index is 2190. The molecule has 0 aromatic carbocycles. The fraction of sp³-hybridized carbons (Fsp3) is 0.636. The predicted molar refractivity (Wildman–Crippen MR) is 231 cm³/mol. The Kier molecular flexibility index (Phi) is 26.1. The van der Waals surface area contributed by atoms with Crippen molar-refractivity contribution in [2.24, 2.45) is 0 Å². The summed E-state index contributed by atoms with van der Waals surface area (Å²) in [5.74, 6) is -13.5. The summed E-state index contributed by atoms with van der Waals surface area (Å²) in [5.41, 5.74) is 0. The Morgan fingerprint density at radius 2 is 0.558 bits per heavy atom. The van der Waals surface area contributed by atoms with Crippen molar-refractivity contribution in [3.63, 3.8) is 0 Å². The number of nitrogens with zero attached hydrogens (tertiary/aromatic N) is 4. The first-order chi connectivity index (χ1) is 36.8. The third-order valence-electron chi connectivity index (χ3n) is 10.2. The second-order valence-electron chi connectivity index (χ2n) is 16.3. The average Bonchev–Trinajstić information content (AvgIpc) is 4.09. The van der Waals surface area contributed by atoms with Gasteiger partial charge in [0.2, 0.25) is 0 Å². The number of carbonyl (C=O) groups excluding carboxylic acids is 16. The number of amides is 8. The molecule has 4 saturated heterocycles. The highest BCUT2D eigenvalue weighted by Crippen LogP contribution is 2.17. The lowest BCUT2D eigenvalue weighted by Gasteiger charge is -2.21. The molecule has 33 nitrogen and oxygen atoms in total. The van der Waals surface area contributed by atoms with E-state index in [0.717, 1.165) is 0 Å². The summed E-state index contributed by atoms with van der Waals surface area (Å²) in [7, 11) is 0. The van der Waals surface area contributed by atoms with Crippen molar-refractivity contribution in [1.82, 2.24) is 20.3 Å². The van der Waals surface area contributed by atoms with Crippen molar-refractivity contribution >= 4 is 95.0 Å². The first kappa shape index (κ1) is 61.7. The van der Waals surface area contributed by atoms with E-state index in [-0.39, 0.29) is 114 Å². The molecule has 0 N–H and O–H groups in total. The third-order valence-corrected chi connectivity index (χ3v) is 10.2. The number of ether oxygens (including phenoxy) is 9. The molecule has 33 heteroatoms. The van der Waals surface area contributed by atoms with Gasteiger partial charge in [-0.15, -0.1) is 20.3 Å². The molecule has 424 valence electrons. The van der Waals surface area contributed by atoms with Gasteiger partial charge in [0.05, 0.1) is 26.4 Å². The molecule has 4 aliphatic heterocycles. The van der Waals surface area contributed by atoms with Gasteiger partial charge in [-0.05, 0) is 19.3 Å². The van der Waals surface area contributed by atoms with E-state index in [1.807, 2.05) is 0 Å². The van der Waals surface area contributed by atoms with Crippen molar-refractivity contribution in [2.75, 3.05) is 53.6 Å². The lowest BCUT2D eigenvalue weighted by molar-refractivity contribution is -0.200. The van der Waals surface area contributed by atoms with Crippen molar-refractivity contribution < 1.29 is 139 Å². The molecular formula is C44H54N4O29. The summed E-state index contributed by atoms with van der Waals surface area (Å²) in [6, 6.07) is 0. The predicted octanol–water partition coefficient (Wildman–Crippen LogP) is -1.86. The van der Waals surface area contributed by atoms with Gasteiger partial charge < -0.3 is 62.0 Å². The maximum atomic E-state index is 12.4. The van der Waals surface area contributed by atoms with Gasteiger partial charge in [0.25, 0.3) is 47.3 Å². The lowest BCUT2D eigenvalue weighted by Crippen LogP contribution is -2.33. The van der Waals surface area contributed by atoms with E-state index in [1.54, 1.807) is 0 Å². The maximum absolute atomic E-state index is 12.4. The minimum Gasteiger partial charge on any atom is -0.438 e. The van der Waals surface area contributed by atoms with Crippen LogP contribution < -0.4 is 0 Å². The Morgan fingerprint density at radius 3 is 0.870 bits per heavy atom. The standard InChI is InChI=1S/C44H54N4O29/c49-29-10-11-30(50)45(29)74-40(60)7-1-4-37(57)70-23-66-21-27(68-25-72-39(59)6-3-9-42(62)76-47-33(53)14-15-34(47)54)19-65-20-28(69-26-73-43(63)18-44(64)77-48-35(55)16-17-36(48)56)22-67-24-71-38(58)5-2-8-41(61)75-46-31(51)12-13-32(46)52/h27-28H,1-26H2. The molecule has 0 radical (unpaired) electrons. The topological polar surface area (TPSA) is 406 Å². The molecule has 0 aromatic rings. The van der Waals surface area contributed by atoms with Gasteiger partial charge >= 0.3 is 47.8 Å². The Balaban J connectivity index is 1.26. The molecular weight excluding hydrogens is 1050 g/mol. The van der Waals surface area contributed by atoms with E-state index in [1.165, 1.54) is 0 Å². The molecule has 0 spiro atoms. The van der Waals surface area contributed by atoms with Gasteiger partial charge in [-0.2, -0.15) is 0 Å². The highest BCUT2D eigenvalue weighted by Gasteiger charge is 2.36. The van der Waals surface area contributed by atoms with E-state index in [2.05, 4.69) is 4.84 Å². The second kappa shape index (κ2) is 32.5. The van der Waals surface area contributed by atoms with Crippen LogP contribution in [0, 0.1) is 0 Å². The van der Waals surface area contributed by atoms with Crippen LogP contribution in [0.5, 0.6) is 0 Å². The van der Waals surface area contributed by atoms with Crippen LogP contribution in [-0.2, 0) is 139 Å². The molecule has 0 bridgehead atoms. The van der Waals surface area contributed by atoms with Crippen LogP contribution in [0.25, 0.3) is 0 Å². The number of hydrogen-bond donors (Lipinski definition) is 0. The Labute approximate surface area is 434 Å². The second-order valence-corrected chi connectivity index (χ2v) is 16.3. The summed E-state index contributed by atoms with van der Waals surface area (Å²) < 4.78 is 47.4. The van der Waals surface area contributed by atoms with Gasteiger partial charge in [0.1, 0.15) is 18.6 Å². The third kappa shape index (κ3) is 22.9. The van der Waals surface area contributed by atoms with Gasteiger partial charge in [-0.1, -0.05) is 0 Å². The smallest absolute Gasteiger partial charge is 0.344 e. The molecule has 2 atom stereocenters. The fourth-order valence-electron chi connectivity index (χ4n) is 6.31. The first-order valence-electron chi connectivity index (χ1n) is 23.6. The lowest BCUT2D eigenvalue weighted by atomic mass is 10.2. The fourth-order valence-corrected chi connectivity index (χ4v) is 6.31. The highest BCUT2D eigenvalue weighted by atomic mass is 16.8. The molecule has 2 unspecified atom stereocenters. The molecule has 4 fully saturated rings. The number of hydrogen-bond acceptors (Lipinski definition) is 29. The van der Waals surface area contributed by atoms with Crippen LogP contribution >= 0.6 is 0 Å². The largest absolute Gasteiger partial charge is 0.438 e. The monoisotopic (exact) mass is 1100 g/mol. The molecule has 4 aliphatic rings. The molecule has 4 heterocycles. The number of esters is 4. The van der Waals surface area contributed by atoms with Crippen molar-refractivity contribution in [3.8, 4) is 0 Å². The Hall–Kier alpha value is -7.88. The summed E-state index contributed by atoms with van der Waals surface area (Å²) in [5, 5.41) is 1.30. The molecule has 77 heavy (non-hydrogen) atoms. The minimum absolute atomic E-state index is 0.0886. The van der Waals surface area contributed by atoms with Crippen LogP contribution in [0.1, 0.15) is 116 Å². The average molecular weight is 1100 g/mol. The molecule has 4 rings (SSSR count). The summed E-state index contributed by atoms with van der Waals surface area (Å²) >= 11 is 0. The number of hydroxylamine groups is 8. The van der Waals surface area contributed by atoms with Gasteiger partial charge in [0.15, 0.2) is 27.2 Å². The number of carbonyl (C=O) groups is 16. The SMILES string of the molecule is O=C(CCCC(=O)ON1C(=O)CCC1=O)OCOCC(COCC(COCOC(=O)CCCC(=O)ON1C(=O)CCC1=O)OCOC(=O)CC(=O)ON1C(=O)CCC1=O)OCOC(=O)CCCC(=O)ON1C(=O)CCC1=O. The normalized spacial score (nSPS) is 16.2. The highest BCUT2D eigenvalue weighted by molar-refractivity contribution is 6.04. The van der Waals surface area contributed by atoms with Crippen LogP contribution in [0.3, 0.4) is 0 Å². The van der Waals surface area contributed by atoms with E-state index in [0.29, 0.717) is 15.2 Å². The number of imide groups is 4. The first-order valence-corrected chi connectivity index (χ1v) is 23.6. The molecule has 0 aromatic heterocycles. The zero-order valence-electron chi connectivity index (χ0n) is 41.2. The summed E-state index contributed by atoms with van der Waals surface area (Å²) in [4.78, 5) is 210. The van der Waals surface area contributed by atoms with Gasteiger partial charge in [-0.25, -0.2) is 19.2 Å². The van der Waals surface area contributed by atoms with Crippen LogP contribution in [-0.4, -0.2) is 181 Å². The van der Waals surface area contributed by atoms with E-state index in [4.69, 9.17) is 57.1 Å². The quantitative estimate of drug-likeness (QED) is 0.0166. The van der Waals surface area contributed by atoms with Crippen LogP contribution in [0.15, 0.2) is 0 Å². The number of rotatable bonds is 36. The van der Waals surface area contributed by atoms with Crippen molar-refractivity contribution in [3.05, 3.63) is 0 Å². The maximum Gasteiger partial charge on any atom is 0.344 e. The van der Waals surface area contributed by atoms with E-state index >= 15 is 0 Å². The van der Waals surface area contributed by atoms with Crippen molar-refractivity contribution in [2.45, 2.75) is 128 Å². The zero-order chi connectivity index (χ0) is 56.3. The van der Waals surface area contributed by atoms with Gasteiger partial charge in [0, 0.05) is 89.9 Å². The Morgan fingerprint density at radius 1 is 0.312 bits per heavy atom. The van der Waals surface area contributed by atoms with Gasteiger partial charge in [-0.3, -0.25) is 57.5 Å². The van der Waals surface area contributed by atoms with Crippen molar-refractivity contribution in [1.29, 1.82) is 0 Å². The molecule has 8 amide bonds. The molecule has 0 aliphatic carbocycles. The van der Waals surface area contributed by atoms with Crippen LogP contribution in [0.4, 0.5) is 0 Å².